The van der Waals surface area contributed by atoms with Crippen molar-refractivity contribution in [1.29, 1.82) is 0 Å². The summed E-state index contributed by atoms with van der Waals surface area (Å²) in [5.41, 5.74) is 7.75. The highest BCUT2D eigenvalue weighted by Crippen LogP contribution is 2.31. The van der Waals surface area contributed by atoms with E-state index in [9.17, 15) is 0 Å². The Hall–Kier alpha value is -1.36. The van der Waals surface area contributed by atoms with Gasteiger partial charge in [-0.1, -0.05) is 19.3 Å². The van der Waals surface area contributed by atoms with Crippen molar-refractivity contribution in [3.05, 3.63) is 17.2 Å². The van der Waals surface area contributed by atoms with E-state index in [4.69, 9.17) is 5.73 Å². The van der Waals surface area contributed by atoms with Crippen molar-refractivity contribution in [1.82, 2.24) is 19.6 Å². The molecule has 2 aromatic heterocycles. The zero-order valence-electron chi connectivity index (χ0n) is 10.2. The maximum Gasteiger partial charge on any atom is 0.251 e. The van der Waals surface area contributed by atoms with Crippen molar-refractivity contribution in [2.45, 2.75) is 51.5 Å². The summed E-state index contributed by atoms with van der Waals surface area (Å²) in [4.78, 5) is 9.05. The van der Waals surface area contributed by atoms with Gasteiger partial charge in [-0.15, -0.1) is 0 Å². The molecule has 3 rings (SSSR count). The average molecular weight is 233 g/mol. The third-order valence-electron chi connectivity index (χ3n) is 3.79. The van der Waals surface area contributed by atoms with Crippen LogP contribution in [0.1, 0.15) is 55.2 Å². The van der Waals surface area contributed by atoms with Crippen LogP contribution in [-0.4, -0.2) is 19.6 Å². The summed E-state index contributed by atoms with van der Waals surface area (Å²) in [6.07, 6.45) is 6.48. The van der Waals surface area contributed by atoms with Crippen LogP contribution in [0, 0.1) is 6.92 Å². The zero-order chi connectivity index (χ0) is 11.8. The van der Waals surface area contributed by atoms with Crippen LogP contribution >= 0.6 is 0 Å². The SMILES string of the molecule is Cc1nc2nc(C3CCCCC3)[nH]n2c1CN. The van der Waals surface area contributed by atoms with Crippen molar-refractivity contribution in [3.63, 3.8) is 0 Å². The fraction of sp³-hybridized carbons (Fsp3) is 0.667. The molecule has 0 aliphatic heterocycles. The van der Waals surface area contributed by atoms with Gasteiger partial charge in [-0.25, -0.2) is 9.50 Å². The van der Waals surface area contributed by atoms with Crippen LogP contribution in [0.15, 0.2) is 0 Å². The minimum Gasteiger partial charge on any atom is -0.325 e. The van der Waals surface area contributed by atoms with Crippen molar-refractivity contribution in [2.75, 3.05) is 0 Å². The van der Waals surface area contributed by atoms with Crippen LogP contribution in [0.3, 0.4) is 0 Å². The number of nitrogens with zero attached hydrogens (tertiary/aromatic N) is 3. The second kappa shape index (κ2) is 4.14. The lowest BCUT2D eigenvalue weighted by Crippen LogP contribution is -2.08. The lowest BCUT2D eigenvalue weighted by Gasteiger charge is -2.18. The van der Waals surface area contributed by atoms with Crippen molar-refractivity contribution < 1.29 is 0 Å². The molecular formula is C12H19N5. The molecule has 2 aromatic rings. The number of aromatic amines is 1. The van der Waals surface area contributed by atoms with Crippen molar-refractivity contribution >= 4 is 5.78 Å². The Kier molecular flexibility index (Phi) is 2.63. The van der Waals surface area contributed by atoms with Gasteiger partial charge < -0.3 is 5.73 Å². The van der Waals surface area contributed by atoms with Gasteiger partial charge in [0.1, 0.15) is 5.82 Å². The van der Waals surface area contributed by atoms with Gasteiger partial charge >= 0.3 is 0 Å². The van der Waals surface area contributed by atoms with E-state index in [2.05, 4.69) is 15.1 Å². The number of H-pyrrole nitrogens is 1. The zero-order valence-corrected chi connectivity index (χ0v) is 10.2. The Balaban J connectivity index is 1.98. The maximum atomic E-state index is 5.74. The largest absolute Gasteiger partial charge is 0.325 e. The van der Waals surface area contributed by atoms with Crippen molar-refractivity contribution in [2.24, 2.45) is 5.73 Å². The average Bonchev–Trinajstić information content (AvgIpc) is 2.86. The molecule has 17 heavy (non-hydrogen) atoms. The van der Waals surface area contributed by atoms with Gasteiger partial charge in [-0.3, -0.25) is 5.10 Å². The summed E-state index contributed by atoms with van der Waals surface area (Å²) < 4.78 is 1.94. The molecule has 0 radical (unpaired) electrons. The topological polar surface area (TPSA) is 72.0 Å². The summed E-state index contributed by atoms with van der Waals surface area (Å²) in [5, 5.41) is 3.37. The van der Waals surface area contributed by atoms with E-state index in [1.165, 1.54) is 32.1 Å². The Bertz CT molecular complexity index is 518. The molecule has 2 heterocycles. The van der Waals surface area contributed by atoms with Crippen LogP contribution in [0.5, 0.6) is 0 Å². The lowest BCUT2D eigenvalue weighted by atomic mass is 9.89. The molecule has 0 saturated heterocycles. The molecule has 3 N–H and O–H groups in total. The molecule has 0 aromatic carbocycles. The fourth-order valence-electron chi connectivity index (χ4n) is 2.78. The third-order valence-corrected chi connectivity index (χ3v) is 3.79. The number of nitrogens with one attached hydrogen (secondary N) is 1. The molecule has 1 aliphatic carbocycles. The van der Waals surface area contributed by atoms with Gasteiger partial charge in [0.05, 0.1) is 11.4 Å². The standard InChI is InChI=1S/C12H19N5/c1-8-10(7-13)17-12(14-8)15-11(16-17)9-5-3-2-4-6-9/h9H,2-7,13H2,1H3,(H,14,15,16). The second-order valence-corrected chi connectivity index (χ2v) is 4.93. The minimum atomic E-state index is 0.499. The molecular weight excluding hydrogens is 214 g/mol. The van der Waals surface area contributed by atoms with Gasteiger partial charge in [-0.05, 0) is 19.8 Å². The smallest absolute Gasteiger partial charge is 0.251 e. The van der Waals surface area contributed by atoms with Crippen LogP contribution in [0.4, 0.5) is 0 Å². The van der Waals surface area contributed by atoms with E-state index >= 15 is 0 Å². The van der Waals surface area contributed by atoms with E-state index in [1.807, 2.05) is 11.4 Å². The number of aromatic nitrogens is 4. The molecule has 0 bridgehead atoms. The summed E-state index contributed by atoms with van der Waals surface area (Å²) >= 11 is 0. The third kappa shape index (κ3) is 1.74. The van der Waals surface area contributed by atoms with Crippen LogP contribution in [0.25, 0.3) is 5.78 Å². The first kappa shape index (κ1) is 10.8. The molecule has 0 atom stereocenters. The Morgan fingerprint density at radius 2 is 2.06 bits per heavy atom. The van der Waals surface area contributed by atoms with E-state index in [-0.39, 0.29) is 0 Å². The molecule has 0 spiro atoms. The summed E-state index contributed by atoms with van der Waals surface area (Å²) in [6, 6.07) is 0. The molecule has 5 heteroatoms. The summed E-state index contributed by atoms with van der Waals surface area (Å²) in [7, 11) is 0. The van der Waals surface area contributed by atoms with E-state index in [0.717, 1.165) is 23.0 Å². The predicted molar refractivity (Wildman–Crippen MR) is 65.8 cm³/mol. The number of fused-ring (bicyclic) bond motifs is 1. The van der Waals surface area contributed by atoms with Crippen molar-refractivity contribution in [3.8, 4) is 0 Å². The molecule has 0 unspecified atom stereocenters. The molecule has 1 fully saturated rings. The monoisotopic (exact) mass is 233 g/mol. The number of imidazole rings is 1. The molecule has 92 valence electrons. The van der Waals surface area contributed by atoms with E-state index in [1.54, 1.807) is 0 Å². The van der Waals surface area contributed by atoms with Crippen LogP contribution in [-0.2, 0) is 6.54 Å². The fourth-order valence-corrected chi connectivity index (χ4v) is 2.78. The minimum absolute atomic E-state index is 0.499. The Morgan fingerprint density at radius 1 is 1.29 bits per heavy atom. The summed E-state index contributed by atoms with van der Waals surface area (Å²) in [5.74, 6) is 2.43. The first-order chi connectivity index (χ1) is 8.29. The number of nitrogens with two attached hydrogens (primary N) is 1. The van der Waals surface area contributed by atoms with Gasteiger partial charge in [0, 0.05) is 12.5 Å². The van der Waals surface area contributed by atoms with Gasteiger partial charge in [-0.2, -0.15) is 4.98 Å². The number of hydrogen-bond donors (Lipinski definition) is 2. The highest BCUT2D eigenvalue weighted by Gasteiger charge is 2.20. The van der Waals surface area contributed by atoms with Crippen LogP contribution in [0.2, 0.25) is 0 Å². The van der Waals surface area contributed by atoms with Gasteiger partial charge in [0.15, 0.2) is 0 Å². The Labute approximate surface area is 100 Å². The highest BCUT2D eigenvalue weighted by atomic mass is 15.4. The molecule has 5 nitrogen and oxygen atoms in total. The maximum absolute atomic E-state index is 5.74. The Morgan fingerprint density at radius 3 is 2.76 bits per heavy atom. The quantitative estimate of drug-likeness (QED) is 0.831. The van der Waals surface area contributed by atoms with Crippen LogP contribution < -0.4 is 5.73 Å². The van der Waals surface area contributed by atoms with E-state index in [0.29, 0.717) is 12.5 Å². The first-order valence-corrected chi connectivity index (χ1v) is 6.43. The summed E-state index contributed by atoms with van der Waals surface area (Å²) in [6.45, 7) is 2.48. The number of hydrogen-bond acceptors (Lipinski definition) is 3. The molecule has 1 saturated carbocycles. The van der Waals surface area contributed by atoms with E-state index < -0.39 is 0 Å². The molecule has 0 amide bonds. The van der Waals surface area contributed by atoms with Gasteiger partial charge in [0.2, 0.25) is 0 Å². The predicted octanol–water partition coefficient (Wildman–Crippen LogP) is 1.87. The first-order valence-electron chi connectivity index (χ1n) is 6.43. The lowest BCUT2D eigenvalue weighted by molar-refractivity contribution is 0.428. The number of aryl methyl sites for hydroxylation is 1. The number of rotatable bonds is 2. The molecule has 1 aliphatic rings. The highest BCUT2D eigenvalue weighted by molar-refractivity contribution is 5.34. The normalized spacial score (nSPS) is 18.0. The second-order valence-electron chi connectivity index (χ2n) is 4.93. The van der Waals surface area contributed by atoms with Gasteiger partial charge in [0.25, 0.3) is 5.78 Å².